The van der Waals surface area contributed by atoms with Crippen LogP contribution in [0.2, 0.25) is 0 Å². The second-order valence-corrected chi connectivity index (χ2v) is 7.96. The van der Waals surface area contributed by atoms with Crippen LogP contribution in [0.15, 0.2) is 30.3 Å². The minimum Gasteiger partial charge on any atom is -0.351 e. The summed E-state index contributed by atoms with van der Waals surface area (Å²) in [4.78, 5) is 29.8. The van der Waals surface area contributed by atoms with Crippen molar-refractivity contribution in [3.05, 3.63) is 35.9 Å². The van der Waals surface area contributed by atoms with Crippen molar-refractivity contribution in [1.82, 2.24) is 15.1 Å². The van der Waals surface area contributed by atoms with Gasteiger partial charge in [0.1, 0.15) is 6.04 Å². The number of hydrogen-bond acceptors (Lipinski definition) is 3. The molecule has 2 saturated heterocycles. The predicted molar refractivity (Wildman–Crippen MR) is 101 cm³/mol. The Morgan fingerprint density at radius 3 is 2.38 bits per heavy atom. The van der Waals surface area contributed by atoms with Crippen LogP contribution in [0.5, 0.6) is 0 Å². The van der Waals surface area contributed by atoms with Crippen molar-refractivity contribution in [2.24, 2.45) is 0 Å². The zero-order valence-electron chi connectivity index (χ0n) is 15.4. The molecule has 1 aliphatic carbocycles. The third-order valence-corrected chi connectivity index (χ3v) is 6.01. The van der Waals surface area contributed by atoms with Crippen molar-refractivity contribution in [3.8, 4) is 0 Å². The highest BCUT2D eigenvalue weighted by molar-refractivity contribution is 5.89. The fraction of sp³-hybridized carbons (Fsp3) is 0.619. The summed E-state index contributed by atoms with van der Waals surface area (Å²) in [6.07, 6.45) is 6.84. The Hall–Kier alpha value is -1.88. The lowest BCUT2D eigenvalue weighted by molar-refractivity contribution is -0.138. The van der Waals surface area contributed by atoms with Crippen molar-refractivity contribution >= 4 is 11.8 Å². The average Bonchev–Trinajstić information content (AvgIpc) is 3.39. The predicted octanol–water partition coefficient (Wildman–Crippen LogP) is 1.96. The van der Waals surface area contributed by atoms with E-state index in [1.165, 1.54) is 12.8 Å². The summed E-state index contributed by atoms with van der Waals surface area (Å²) in [6, 6.07) is 10.6. The number of rotatable bonds is 5. The van der Waals surface area contributed by atoms with Gasteiger partial charge in [-0.2, -0.15) is 0 Å². The number of nitrogens with zero attached hydrogens (tertiary/aromatic N) is 2. The second kappa shape index (κ2) is 7.78. The minimum absolute atomic E-state index is 0.0498. The third-order valence-electron chi connectivity index (χ3n) is 6.01. The number of benzene rings is 1. The molecule has 3 fully saturated rings. The molecule has 1 N–H and O–H groups in total. The molecule has 2 amide bonds. The van der Waals surface area contributed by atoms with E-state index in [0.717, 1.165) is 50.4 Å². The first-order valence-electron chi connectivity index (χ1n) is 10.1. The van der Waals surface area contributed by atoms with E-state index in [0.29, 0.717) is 13.0 Å². The molecule has 2 heterocycles. The van der Waals surface area contributed by atoms with Crippen LogP contribution in [0.3, 0.4) is 0 Å². The van der Waals surface area contributed by atoms with Gasteiger partial charge in [-0.05, 0) is 44.1 Å². The van der Waals surface area contributed by atoms with Crippen molar-refractivity contribution < 1.29 is 9.59 Å². The summed E-state index contributed by atoms with van der Waals surface area (Å²) in [7, 11) is 0. The van der Waals surface area contributed by atoms with E-state index in [2.05, 4.69) is 10.2 Å². The molecule has 2 aliphatic heterocycles. The smallest absolute Gasteiger partial charge is 0.243 e. The quantitative estimate of drug-likeness (QED) is 0.879. The zero-order chi connectivity index (χ0) is 17.9. The molecule has 1 aromatic carbocycles. The zero-order valence-corrected chi connectivity index (χ0v) is 15.4. The van der Waals surface area contributed by atoms with E-state index in [-0.39, 0.29) is 23.9 Å². The van der Waals surface area contributed by atoms with Crippen LogP contribution in [0, 0.1) is 0 Å². The van der Waals surface area contributed by atoms with Gasteiger partial charge in [-0.15, -0.1) is 0 Å². The molecule has 140 valence electrons. The molecule has 5 nitrogen and oxygen atoms in total. The van der Waals surface area contributed by atoms with Gasteiger partial charge in [-0.25, -0.2) is 0 Å². The SMILES string of the molecule is O=C(NC1CCN(C2CC2)CC1)C1CCCN1C(=O)Cc1ccccc1. The molecule has 0 spiro atoms. The molecule has 26 heavy (non-hydrogen) atoms. The van der Waals surface area contributed by atoms with E-state index < -0.39 is 0 Å². The van der Waals surface area contributed by atoms with Gasteiger partial charge >= 0.3 is 0 Å². The van der Waals surface area contributed by atoms with Gasteiger partial charge in [0, 0.05) is 31.7 Å². The molecule has 4 rings (SSSR count). The Labute approximate surface area is 155 Å². The maximum Gasteiger partial charge on any atom is 0.243 e. The molecule has 0 bridgehead atoms. The van der Waals surface area contributed by atoms with Gasteiger partial charge in [0.15, 0.2) is 0 Å². The molecular weight excluding hydrogens is 326 g/mol. The lowest BCUT2D eigenvalue weighted by Gasteiger charge is -2.33. The van der Waals surface area contributed by atoms with Crippen molar-refractivity contribution in [2.45, 2.75) is 63.1 Å². The third kappa shape index (κ3) is 4.09. The van der Waals surface area contributed by atoms with Gasteiger partial charge in [0.05, 0.1) is 6.42 Å². The summed E-state index contributed by atoms with van der Waals surface area (Å²) in [5.74, 6) is 0.117. The normalized spacial score (nSPS) is 24.6. The highest BCUT2D eigenvalue weighted by Crippen LogP contribution is 2.29. The summed E-state index contributed by atoms with van der Waals surface area (Å²) in [5.41, 5.74) is 1.01. The molecule has 1 unspecified atom stereocenters. The van der Waals surface area contributed by atoms with Crippen LogP contribution in [0.1, 0.15) is 44.1 Å². The van der Waals surface area contributed by atoms with E-state index in [1.54, 1.807) is 4.90 Å². The highest BCUT2D eigenvalue weighted by Gasteiger charge is 2.36. The molecule has 1 saturated carbocycles. The molecule has 0 radical (unpaired) electrons. The van der Waals surface area contributed by atoms with Crippen molar-refractivity contribution in [3.63, 3.8) is 0 Å². The van der Waals surface area contributed by atoms with Crippen LogP contribution >= 0.6 is 0 Å². The number of likely N-dealkylation sites (tertiary alicyclic amines) is 2. The van der Waals surface area contributed by atoms with Crippen molar-refractivity contribution in [2.75, 3.05) is 19.6 Å². The van der Waals surface area contributed by atoms with E-state index in [1.807, 2.05) is 30.3 Å². The highest BCUT2D eigenvalue weighted by atomic mass is 16.2. The number of amides is 2. The number of piperidine rings is 1. The van der Waals surface area contributed by atoms with Gasteiger partial charge in [-0.3, -0.25) is 9.59 Å². The lowest BCUT2D eigenvalue weighted by atomic mass is 10.0. The van der Waals surface area contributed by atoms with E-state index in [4.69, 9.17) is 0 Å². The summed E-state index contributed by atoms with van der Waals surface area (Å²) < 4.78 is 0. The molecule has 1 aromatic rings. The number of hydrogen-bond donors (Lipinski definition) is 1. The lowest BCUT2D eigenvalue weighted by Crippen LogP contribution is -2.51. The van der Waals surface area contributed by atoms with Crippen LogP contribution in [-0.2, 0) is 16.0 Å². The Kier molecular flexibility index (Phi) is 5.25. The first-order valence-corrected chi connectivity index (χ1v) is 10.1. The monoisotopic (exact) mass is 355 g/mol. The Bertz CT molecular complexity index is 636. The molecule has 5 heteroatoms. The maximum absolute atomic E-state index is 12.8. The molecule has 3 aliphatic rings. The average molecular weight is 355 g/mol. The summed E-state index contributed by atoms with van der Waals surface area (Å²) in [5, 5.41) is 3.23. The standard InChI is InChI=1S/C21H29N3O2/c25-20(15-16-5-2-1-3-6-16)24-12-4-7-19(24)21(26)22-17-10-13-23(14-11-17)18-8-9-18/h1-3,5-6,17-19H,4,7-15H2,(H,22,26). The van der Waals surface area contributed by atoms with Crippen LogP contribution < -0.4 is 5.32 Å². The van der Waals surface area contributed by atoms with Gasteiger partial charge in [0.2, 0.25) is 11.8 Å². The largest absolute Gasteiger partial charge is 0.351 e. The van der Waals surface area contributed by atoms with E-state index in [9.17, 15) is 9.59 Å². The van der Waals surface area contributed by atoms with Crippen LogP contribution in [0.25, 0.3) is 0 Å². The van der Waals surface area contributed by atoms with Gasteiger partial charge < -0.3 is 15.1 Å². The molecule has 0 aromatic heterocycles. The van der Waals surface area contributed by atoms with Gasteiger partial charge in [0.25, 0.3) is 0 Å². The first kappa shape index (κ1) is 17.5. The van der Waals surface area contributed by atoms with Crippen LogP contribution in [-0.4, -0.2) is 59.4 Å². The minimum atomic E-state index is -0.285. The number of carbonyl (C=O) groups excluding carboxylic acids is 2. The van der Waals surface area contributed by atoms with Gasteiger partial charge in [-0.1, -0.05) is 30.3 Å². The Morgan fingerprint density at radius 1 is 0.962 bits per heavy atom. The number of carbonyl (C=O) groups is 2. The summed E-state index contributed by atoms with van der Waals surface area (Å²) in [6.45, 7) is 2.89. The van der Waals surface area contributed by atoms with E-state index >= 15 is 0 Å². The Morgan fingerprint density at radius 2 is 1.69 bits per heavy atom. The fourth-order valence-electron chi connectivity index (χ4n) is 4.36. The Balaban J connectivity index is 1.29. The first-order chi connectivity index (χ1) is 12.7. The topological polar surface area (TPSA) is 52.7 Å². The number of nitrogens with one attached hydrogen (secondary N) is 1. The fourth-order valence-corrected chi connectivity index (χ4v) is 4.36. The molecular formula is C21H29N3O2. The summed E-state index contributed by atoms with van der Waals surface area (Å²) >= 11 is 0. The van der Waals surface area contributed by atoms with Crippen LogP contribution in [0.4, 0.5) is 0 Å². The van der Waals surface area contributed by atoms with Crippen molar-refractivity contribution in [1.29, 1.82) is 0 Å². The maximum atomic E-state index is 12.8. The molecule has 1 atom stereocenters. The second-order valence-electron chi connectivity index (χ2n) is 7.96.